The van der Waals surface area contributed by atoms with Crippen LogP contribution in [-0.2, 0) is 15.9 Å². The van der Waals surface area contributed by atoms with E-state index in [4.69, 9.17) is 9.47 Å². The standard InChI is InChI=1S/C19H31N3O2.HI/c1-2-20-19(21-12-6-10-17-8-4-3-5-9-17)22-13-7-14-24-18-11-15-23-16-18;/h3-5,8-9,18H,2,6-7,10-16H2,1H3,(H2,20,21,22);1H. The molecule has 142 valence electrons. The van der Waals surface area contributed by atoms with Gasteiger partial charge in [-0.25, -0.2) is 0 Å². The molecule has 0 saturated carbocycles. The van der Waals surface area contributed by atoms with Gasteiger partial charge in [-0.05, 0) is 38.2 Å². The molecule has 0 aromatic heterocycles. The molecular weight excluding hydrogens is 429 g/mol. The Kier molecular flexibility index (Phi) is 12.7. The summed E-state index contributed by atoms with van der Waals surface area (Å²) in [5.74, 6) is 0.898. The lowest BCUT2D eigenvalue weighted by Crippen LogP contribution is -2.38. The van der Waals surface area contributed by atoms with Gasteiger partial charge in [0.25, 0.3) is 0 Å². The first-order valence-electron chi connectivity index (χ1n) is 9.14. The minimum atomic E-state index is 0. The van der Waals surface area contributed by atoms with Crippen LogP contribution in [0, 0.1) is 0 Å². The van der Waals surface area contributed by atoms with Gasteiger partial charge < -0.3 is 20.1 Å². The number of guanidine groups is 1. The summed E-state index contributed by atoms with van der Waals surface area (Å²) in [5, 5.41) is 6.66. The molecule has 2 N–H and O–H groups in total. The zero-order valence-electron chi connectivity index (χ0n) is 15.2. The third kappa shape index (κ3) is 10.0. The van der Waals surface area contributed by atoms with Crippen LogP contribution < -0.4 is 10.6 Å². The third-order valence-electron chi connectivity index (χ3n) is 3.94. The molecule has 1 aromatic carbocycles. The van der Waals surface area contributed by atoms with Crippen molar-refractivity contribution >= 4 is 29.9 Å². The molecule has 1 fully saturated rings. The summed E-state index contributed by atoms with van der Waals surface area (Å²) in [6.45, 7) is 7.03. The van der Waals surface area contributed by atoms with Gasteiger partial charge in [0.05, 0.1) is 12.7 Å². The van der Waals surface area contributed by atoms with Gasteiger partial charge >= 0.3 is 0 Å². The summed E-state index contributed by atoms with van der Waals surface area (Å²) >= 11 is 0. The van der Waals surface area contributed by atoms with Crippen LogP contribution in [0.15, 0.2) is 35.3 Å². The Labute approximate surface area is 169 Å². The number of hydrogen-bond acceptors (Lipinski definition) is 3. The van der Waals surface area contributed by atoms with E-state index >= 15 is 0 Å². The van der Waals surface area contributed by atoms with E-state index < -0.39 is 0 Å². The van der Waals surface area contributed by atoms with Crippen molar-refractivity contribution in [2.75, 3.05) is 39.5 Å². The molecule has 0 radical (unpaired) electrons. The SMILES string of the molecule is CCNC(=NCCCc1ccccc1)NCCCOC1CCOC1.I. The number of nitrogens with zero attached hydrogens (tertiary/aromatic N) is 1. The summed E-state index contributed by atoms with van der Waals surface area (Å²) in [6.07, 6.45) is 4.43. The number of rotatable bonds is 10. The second kappa shape index (κ2) is 14.3. The van der Waals surface area contributed by atoms with Crippen LogP contribution in [0.3, 0.4) is 0 Å². The minimum Gasteiger partial charge on any atom is -0.379 e. The number of nitrogens with one attached hydrogen (secondary N) is 2. The average molecular weight is 461 g/mol. The lowest BCUT2D eigenvalue weighted by atomic mass is 10.1. The summed E-state index contributed by atoms with van der Waals surface area (Å²) in [4.78, 5) is 4.64. The Morgan fingerprint density at radius 3 is 2.80 bits per heavy atom. The second-order valence-corrected chi connectivity index (χ2v) is 5.99. The van der Waals surface area contributed by atoms with Crippen LogP contribution in [0.5, 0.6) is 0 Å². The molecule has 1 aliphatic rings. The fourth-order valence-electron chi connectivity index (χ4n) is 2.63. The molecule has 0 spiro atoms. The molecule has 25 heavy (non-hydrogen) atoms. The van der Waals surface area contributed by atoms with Gasteiger partial charge in [-0.1, -0.05) is 30.3 Å². The Balaban J connectivity index is 0.00000312. The molecule has 2 rings (SSSR count). The molecule has 1 atom stereocenters. The monoisotopic (exact) mass is 461 g/mol. The van der Waals surface area contributed by atoms with Crippen LogP contribution in [0.2, 0.25) is 0 Å². The largest absolute Gasteiger partial charge is 0.379 e. The predicted octanol–water partition coefficient (Wildman–Crippen LogP) is 2.99. The Morgan fingerprint density at radius 2 is 2.08 bits per heavy atom. The molecule has 1 heterocycles. The van der Waals surface area contributed by atoms with Crippen molar-refractivity contribution < 1.29 is 9.47 Å². The van der Waals surface area contributed by atoms with Crippen molar-refractivity contribution in [1.82, 2.24) is 10.6 Å². The van der Waals surface area contributed by atoms with Crippen molar-refractivity contribution in [1.29, 1.82) is 0 Å². The van der Waals surface area contributed by atoms with Gasteiger partial charge in [-0.3, -0.25) is 4.99 Å². The van der Waals surface area contributed by atoms with Crippen LogP contribution in [0.4, 0.5) is 0 Å². The topological polar surface area (TPSA) is 54.9 Å². The highest BCUT2D eigenvalue weighted by atomic mass is 127. The lowest BCUT2D eigenvalue weighted by molar-refractivity contribution is 0.0420. The number of halogens is 1. The zero-order chi connectivity index (χ0) is 16.9. The van der Waals surface area contributed by atoms with Crippen molar-refractivity contribution in [3.63, 3.8) is 0 Å². The third-order valence-corrected chi connectivity index (χ3v) is 3.94. The van der Waals surface area contributed by atoms with Crippen molar-refractivity contribution in [2.45, 2.75) is 38.7 Å². The van der Waals surface area contributed by atoms with Gasteiger partial charge in [-0.2, -0.15) is 0 Å². The maximum atomic E-state index is 5.77. The van der Waals surface area contributed by atoms with E-state index in [0.29, 0.717) is 6.10 Å². The van der Waals surface area contributed by atoms with Crippen LogP contribution in [-0.4, -0.2) is 51.5 Å². The second-order valence-electron chi connectivity index (χ2n) is 5.99. The molecular formula is C19H32IN3O2. The zero-order valence-corrected chi connectivity index (χ0v) is 17.5. The van der Waals surface area contributed by atoms with E-state index in [2.05, 4.69) is 52.9 Å². The highest BCUT2D eigenvalue weighted by molar-refractivity contribution is 14.0. The minimum absolute atomic E-state index is 0. The first-order valence-corrected chi connectivity index (χ1v) is 9.14. The van der Waals surface area contributed by atoms with E-state index in [1.165, 1.54) is 5.56 Å². The van der Waals surface area contributed by atoms with E-state index in [1.54, 1.807) is 0 Å². The van der Waals surface area contributed by atoms with Crippen LogP contribution in [0.25, 0.3) is 0 Å². The summed E-state index contributed by atoms with van der Waals surface area (Å²) in [7, 11) is 0. The van der Waals surface area contributed by atoms with Crippen LogP contribution in [0.1, 0.15) is 31.7 Å². The molecule has 1 unspecified atom stereocenters. The van der Waals surface area contributed by atoms with Crippen molar-refractivity contribution in [2.24, 2.45) is 4.99 Å². The fraction of sp³-hybridized carbons (Fsp3) is 0.632. The number of benzene rings is 1. The van der Waals surface area contributed by atoms with E-state index in [0.717, 1.165) is 71.1 Å². The Morgan fingerprint density at radius 1 is 1.24 bits per heavy atom. The lowest BCUT2D eigenvalue weighted by Gasteiger charge is -2.13. The normalized spacial score (nSPS) is 17.2. The Bertz CT molecular complexity index is 465. The fourth-order valence-corrected chi connectivity index (χ4v) is 2.63. The predicted molar refractivity (Wildman–Crippen MR) is 114 cm³/mol. The van der Waals surface area contributed by atoms with Gasteiger partial charge in [0.15, 0.2) is 5.96 Å². The maximum Gasteiger partial charge on any atom is 0.191 e. The first-order chi connectivity index (χ1) is 11.9. The molecule has 1 aliphatic heterocycles. The number of ether oxygens (including phenoxy) is 2. The summed E-state index contributed by atoms with van der Waals surface area (Å²) in [5.41, 5.74) is 1.37. The maximum absolute atomic E-state index is 5.77. The highest BCUT2D eigenvalue weighted by Gasteiger charge is 2.15. The van der Waals surface area contributed by atoms with E-state index in [1.807, 2.05) is 0 Å². The van der Waals surface area contributed by atoms with Crippen LogP contribution >= 0.6 is 24.0 Å². The molecule has 1 saturated heterocycles. The molecule has 0 bridgehead atoms. The number of aliphatic imine (C=N–C) groups is 1. The van der Waals surface area contributed by atoms with E-state index in [-0.39, 0.29) is 24.0 Å². The van der Waals surface area contributed by atoms with Gasteiger partial charge in [0, 0.05) is 32.8 Å². The Hall–Kier alpha value is -0.860. The molecule has 5 nitrogen and oxygen atoms in total. The van der Waals surface area contributed by atoms with Crippen molar-refractivity contribution in [3.8, 4) is 0 Å². The smallest absolute Gasteiger partial charge is 0.191 e. The molecule has 1 aromatic rings. The van der Waals surface area contributed by atoms with E-state index in [9.17, 15) is 0 Å². The summed E-state index contributed by atoms with van der Waals surface area (Å²) in [6, 6.07) is 10.6. The first kappa shape index (κ1) is 22.2. The van der Waals surface area contributed by atoms with Gasteiger partial charge in [-0.15, -0.1) is 24.0 Å². The van der Waals surface area contributed by atoms with Crippen molar-refractivity contribution in [3.05, 3.63) is 35.9 Å². The molecule has 6 heteroatoms. The molecule has 0 amide bonds. The number of hydrogen-bond donors (Lipinski definition) is 2. The molecule has 0 aliphatic carbocycles. The summed E-state index contributed by atoms with van der Waals surface area (Å²) < 4.78 is 11.1. The van der Waals surface area contributed by atoms with Gasteiger partial charge in [0.1, 0.15) is 0 Å². The quantitative estimate of drug-likeness (QED) is 0.244. The average Bonchev–Trinajstić information content (AvgIpc) is 3.12. The highest BCUT2D eigenvalue weighted by Crippen LogP contribution is 2.07. The number of aryl methyl sites for hydroxylation is 1. The van der Waals surface area contributed by atoms with Gasteiger partial charge in [0.2, 0.25) is 0 Å².